The molecule has 0 spiro atoms. The molecule has 1 aromatic heterocycles. The summed E-state index contributed by atoms with van der Waals surface area (Å²) in [7, 11) is 0. The van der Waals surface area contributed by atoms with Gasteiger partial charge in [0.25, 0.3) is 0 Å². The molecule has 1 aromatic carbocycles. The number of carbonyl (C=O) groups is 1. The second-order valence-corrected chi connectivity index (χ2v) is 6.38. The molecule has 4 nitrogen and oxygen atoms in total. The second kappa shape index (κ2) is 6.92. The van der Waals surface area contributed by atoms with Crippen molar-refractivity contribution in [2.24, 2.45) is 0 Å². The highest BCUT2D eigenvalue weighted by Crippen LogP contribution is 2.29. The summed E-state index contributed by atoms with van der Waals surface area (Å²) < 4.78 is 5.71. The lowest BCUT2D eigenvalue weighted by molar-refractivity contribution is -0.132. The van der Waals surface area contributed by atoms with Gasteiger partial charge in [-0.15, -0.1) is 11.3 Å². The zero-order valence-electron chi connectivity index (χ0n) is 12.7. The molecule has 0 radical (unpaired) electrons. The van der Waals surface area contributed by atoms with E-state index in [9.17, 15) is 4.79 Å². The first kappa shape index (κ1) is 15.0. The monoisotopic (exact) mass is 316 g/mol. The summed E-state index contributed by atoms with van der Waals surface area (Å²) in [4.78, 5) is 18.6. The summed E-state index contributed by atoms with van der Waals surface area (Å²) in [6.07, 6.45) is 2.81. The van der Waals surface area contributed by atoms with Crippen LogP contribution in [0.2, 0.25) is 0 Å². The summed E-state index contributed by atoms with van der Waals surface area (Å²) in [6.45, 7) is 3.01. The van der Waals surface area contributed by atoms with Gasteiger partial charge in [0.05, 0.1) is 12.2 Å². The predicted molar refractivity (Wildman–Crippen MR) is 86.8 cm³/mol. The third-order valence-electron chi connectivity index (χ3n) is 3.65. The topological polar surface area (TPSA) is 42.4 Å². The largest absolute Gasteiger partial charge is 0.486 e. The zero-order chi connectivity index (χ0) is 15.4. The van der Waals surface area contributed by atoms with Gasteiger partial charge in [0, 0.05) is 17.8 Å². The van der Waals surface area contributed by atoms with Crippen molar-refractivity contribution in [3.8, 4) is 5.75 Å². The van der Waals surface area contributed by atoms with E-state index in [4.69, 9.17) is 4.74 Å². The number of hydrogen-bond acceptors (Lipinski definition) is 4. The molecule has 3 rings (SSSR count). The molecule has 1 saturated carbocycles. The van der Waals surface area contributed by atoms with Crippen molar-refractivity contribution in [3.63, 3.8) is 0 Å². The van der Waals surface area contributed by atoms with E-state index >= 15 is 0 Å². The Kier molecular flexibility index (Phi) is 4.73. The normalized spacial score (nSPS) is 13.9. The minimum Gasteiger partial charge on any atom is -0.486 e. The summed E-state index contributed by atoms with van der Waals surface area (Å²) in [5.41, 5.74) is 0.963. The van der Waals surface area contributed by atoms with Crippen LogP contribution in [0.15, 0.2) is 35.7 Å². The van der Waals surface area contributed by atoms with Gasteiger partial charge in [0.2, 0.25) is 5.91 Å². The lowest BCUT2D eigenvalue weighted by Gasteiger charge is -2.20. The summed E-state index contributed by atoms with van der Waals surface area (Å²) in [6, 6.07) is 10.2. The number of hydrogen-bond donors (Lipinski definition) is 0. The van der Waals surface area contributed by atoms with Crippen molar-refractivity contribution < 1.29 is 9.53 Å². The maximum absolute atomic E-state index is 12.0. The highest BCUT2D eigenvalue weighted by atomic mass is 32.1. The van der Waals surface area contributed by atoms with Gasteiger partial charge >= 0.3 is 0 Å². The summed E-state index contributed by atoms with van der Waals surface area (Å²) in [5.74, 6) is 1.07. The van der Waals surface area contributed by atoms with E-state index in [2.05, 4.69) is 4.98 Å². The molecule has 116 valence electrons. The van der Waals surface area contributed by atoms with E-state index in [1.54, 1.807) is 11.3 Å². The standard InChI is InChI=1S/C17H20N2O2S/c1-2-17(20)19(14-8-9-14)10-13-12-22-16(18-13)11-21-15-6-4-3-5-7-15/h3-7,12,14H,2,8-11H2,1H3. The van der Waals surface area contributed by atoms with Crippen molar-refractivity contribution in [1.29, 1.82) is 0 Å². The number of rotatable bonds is 7. The number of amides is 1. The van der Waals surface area contributed by atoms with Crippen LogP contribution in [0.1, 0.15) is 36.9 Å². The van der Waals surface area contributed by atoms with E-state index in [1.165, 1.54) is 0 Å². The molecule has 1 aliphatic rings. The molecule has 1 amide bonds. The average Bonchev–Trinajstić information content (AvgIpc) is 3.30. The minimum absolute atomic E-state index is 0.220. The Hall–Kier alpha value is -1.88. The van der Waals surface area contributed by atoms with E-state index in [-0.39, 0.29) is 5.91 Å². The SMILES string of the molecule is CCC(=O)N(Cc1csc(COc2ccccc2)n1)C1CC1. The van der Waals surface area contributed by atoms with Crippen LogP contribution in [0.5, 0.6) is 5.75 Å². The molecular weight excluding hydrogens is 296 g/mol. The molecule has 2 aromatic rings. The minimum atomic E-state index is 0.220. The molecule has 0 N–H and O–H groups in total. The van der Waals surface area contributed by atoms with Gasteiger partial charge in [-0.25, -0.2) is 4.98 Å². The average molecular weight is 316 g/mol. The third-order valence-corrected chi connectivity index (χ3v) is 4.52. The Bertz CT molecular complexity index is 623. The Morgan fingerprint density at radius 1 is 1.36 bits per heavy atom. The van der Waals surface area contributed by atoms with Crippen molar-refractivity contribution in [1.82, 2.24) is 9.88 Å². The first-order valence-corrected chi connectivity index (χ1v) is 8.55. The molecule has 1 aliphatic carbocycles. The van der Waals surface area contributed by atoms with Crippen molar-refractivity contribution in [2.75, 3.05) is 0 Å². The Morgan fingerprint density at radius 2 is 2.14 bits per heavy atom. The van der Waals surface area contributed by atoms with Crippen LogP contribution in [-0.4, -0.2) is 21.8 Å². The first-order chi connectivity index (χ1) is 10.8. The van der Waals surface area contributed by atoms with Crippen LogP contribution in [-0.2, 0) is 17.9 Å². The molecule has 0 bridgehead atoms. The Labute approximate surface area is 134 Å². The lowest BCUT2D eigenvalue weighted by atomic mass is 10.3. The number of thiazole rings is 1. The first-order valence-electron chi connectivity index (χ1n) is 7.67. The zero-order valence-corrected chi connectivity index (χ0v) is 13.5. The number of para-hydroxylation sites is 1. The second-order valence-electron chi connectivity index (χ2n) is 5.44. The molecule has 0 atom stereocenters. The van der Waals surface area contributed by atoms with Crippen LogP contribution in [0.3, 0.4) is 0 Å². The van der Waals surface area contributed by atoms with Gasteiger partial charge in [-0.2, -0.15) is 0 Å². The van der Waals surface area contributed by atoms with Crippen molar-refractivity contribution >= 4 is 17.2 Å². The maximum Gasteiger partial charge on any atom is 0.222 e. The fraction of sp³-hybridized carbons (Fsp3) is 0.412. The number of nitrogens with zero attached hydrogens (tertiary/aromatic N) is 2. The number of aromatic nitrogens is 1. The number of carbonyl (C=O) groups excluding carboxylic acids is 1. The fourth-order valence-electron chi connectivity index (χ4n) is 2.33. The number of benzene rings is 1. The lowest BCUT2D eigenvalue weighted by Crippen LogP contribution is -2.32. The predicted octanol–water partition coefficient (Wildman–Crippen LogP) is 3.62. The molecular formula is C17H20N2O2S. The quantitative estimate of drug-likeness (QED) is 0.783. The Balaban J connectivity index is 1.57. The molecule has 1 fully saturated rings. The molecule has 5 heteroatoms. The molecule has 22 heavy (non-hydrogen) atoms. The third kappa shape index (κ3) is 3.85. The van der Waals surface area contributed by atoms with Crippen molar-refractivity contribution in [2.45, 2.75) is 45.4 Å². The van der Waals surface area contributed by atoms with Crippen LogP contribution < -0.4 is 4.74 Å². The molecule has 0 unspecified atom stereocenters. The fourth-order valence-corrected chi connectivity index (χ4v) is 3.03. The van der Waals surface area contributed by atoms with Crippen LogP contribution in [0, 0.1) is 0 Å². The van der Waals surface area contributed by atoms with Gasteiger partial charge < -0.3 is 9.64 Å². The van der Waals surface area contributed by atoms with E-state index < -0.39 is 0 Å². The maximum atomic E-state index is 12.0. The van der Waals surface area contributed by atoms with Gasteiger partial charge in [-0.1, -0.05) is 25.1 Å². The molecule has 0 saturated heterocycles. The van der Waals surface area contributed by atoms with E-state index in [1.807, 2.05) is 47.5 Å². The van der Waals surface area contributed by atoms with Gasteiger partial charge in [0.15, 0.2) is 0 Å². The number of ether oxygens (including phenoxy) is 1. The van der Waals surface area contributed by atoms with Crippen LogP contribution in [0.25, 0.3) is 0 Å². The van der Waals surface area contributed by atoms with Crippen LogP contribution >= 0.6 is 11.3 Å². The summed E-state index contributed by atoms with van der Waals surface area (Å²) >= 11 is 1.59. The Morgan fingerprint density at radius 3 is 2.82 bits per heavy atom. The van der Waals surface area contributed by atoms with E-state index in [0.29, 0.717) is 25.6 Å². The highest BCUT2D eigenvalue weighted by molar-refractivity contribution is 7.09. The molecule has 0 aliphatic heterocycles. The highest BCUT2D eigenvalue weighted by Gasteiger charge is 2.32. The van der Waals surface area contributed by atoms with Gasteiger partial charge in [0.1, 0.15) is 17.4 Å². The van der Waals surface area contributed by atoms with Gasteiger partial charge in [-0.05, 0) is 25.0 Å². The smallest absolute Gasteiger partial charge is 0.222 e. The summed E-state index contributed by atoms with van der Waals surface area (Å²) in [5, 5.41) is 2.97. The van der Waals surface area contributed by atoms with Crippen LogP contribution in [0.4, 0.5) is 0 Å². The van der Waals surface area contributed by atoms with Crippen molar-refractivity contribution in [3.05, 3.63) is 46.4 Å². The van der Waals surface area contributed by atoms with Gasteiger partial charge in [-0.3, -0.25) is 4.79 Å². The van der Waals surface area contributed by atoms with E-state index in [0.717, 1.165) is 29.3 Å². The molecule has 1 heterocycles.